The molecule has 1 aliphatic heterocycles. The van der Waals surface area contributed by atoms with Crippen LogP contribution in [0, 0.1) is 10.1 Å². The SMILES string of the molecule is COc1ccc(OC)c(C(=O)COC(=O)c2ccc(N3CCCCCC3)c([N+](=O)[O-])c2)c1. The number of nitrogens with zero attached hydrogens (tertiary/aromatic N) is 2. The number of benzene rings is 2. The van der Waals surface area contributed by atoms with Crippen LogP contribution in [-0.2, 0) is 4.74 Å². The lowest BCUT2D eigenvalue weighted by molar-refractivity contribution is -0.384. The molecule has 1 aliphatic rings. The molecule has 1 saturated heterocycles. The first kappa shape index (κ1) is 23.1. The van der Waals surface area contributed by atoms with Crippen molar-refractivity contribution < 1.29 is 28.7 Å². The molecular formula is C23H26N2O7. The van der Waals surface area contributed by atoms with E-state index in [2.05, 4.69) is 0 Å². The van der Waals surface area contributed by atoms with Crippen LogP contribution in [0.5, 0.6) is 11.5 Å². The van der Waals surface area contributed by atoms with E-state index in [9.17, 15) is 19.7 Å². The van der Waals surface area contributed by atoms with Gasteiger partial charge in [0.2, 0.25) is 5.78 Å². The Morgan fingerprint density at radius 3 is 2.34 bits per heavy atom. The van der Waals surface area contributed by atoms with Crippen LogP contribution in [0.3, 0.4) is 0 Å². The molecule has 0 atom stereocenters. The first-order valence-corrected chi connectivity index (χ1v) is 10.4. The predicted molar refractivity (Wildman–Crippen MR) is 118 cm³/mol. The van der Waals surface area contributed by atoms with Gasteiger partial charge >= 0.3 is 5.97 Å². The van der Waals surface area contributed by atoms with Crippen molar-refractivity contribution in [3.8, 4) is 11.5 Å². The molecule has 0 saturated carbocycles. The standard InChI is InChI=1S/C23H26N2O7/c1-30-17-8-10-22(31-2)18(14-17)21(26)15-32-23(27)16-7-9-19(20(13-16)25(28)29)24-11-5-3-4-6-12-24/h7-10,13-14H,3-6,11-12,15H2,1-2H3. The first-order valence-electron chi connectivity index (χ1n) is 10.4. The zero-order chi connectivity index (χ0) is 23.1. The third-order valence-electron chi connectivity index (χ3n) is 5.40. The van der Waals surface area contributed by atoms with Gasteiger partial charge in [0.1, 0.15) is 17.2 Å². The monoisotopic (exact) mass is 442 g/mol. The van der Waals surface area contributed by atoms with Gasteiger partial charge in [-0.25, -0.2) is 4.79 Å². The Kier molecular flexibility index (Phi) is 7.64. The first-order chi connectivity index (χ1) is 15.4. The molecule has 0 N–H and O–H groups in total. The number of nitro groups is 1. The Bertz CT molecular complexity index is 998. The van der Waals surface area contributed by atoms with Crippen LogP contribution in [0.4, 0.5) is 11.4 Å². The van der Waals surface area contributed by atoms with Crippen molar-refractivity contribution in [2.75, 3.05) is 38.8 Å². The molecule has 0 bridgehead atoms. The number of carbonyl (C=O) groups is 2. The third-order valence-corrected chi connectivity index (χ3v) is 5.40. The van der Waals surface area contributed by atoms with E-state index in [1.807, 2.05) is 4.90 Å². The van der Waals surface area contributed by atoms with Gasteiger partial charge in [-0.1, -0.05) is 12.8 Å². The van der Waals surface area contributed by atoms with E-state index in [1.54, 1.807) is 18.2 Å². The molecular weight excluding hydrogens is 416 g/mol. The normalized spacial score (nSPS) is 13.8. The van der Waals surface area contributed by atoms with Gasteiger partial charge < -0.3 is 19.1 Å². The number of ether oxygens (including phenoxy) is 3. The molecule has 2 aromatic rings. The molecule has 0 unspecified atom stereocenters. The Hall–Kier alpha value is -3.62. The third kappa shape index (κ3) is 5.35. The van der Waals surface area contributed by atoms with Crippen molar-refractivity contribution in [1.82, 2.24) is 0 Å². The van der Waals surface area contributed by atoms with Gasteiger partial charge in [-0.3, -0.25) is 14.9 Å². The highest BCUT2D eigenvalue weighted by molar-refractivity contribution is 6.02. The Morgan fingerprint density at radius 1 is 1.00 bits per heavy atom. The molecule has 0 amide bonds. The highest BCUT2D eigenvalue weighted by Crippen LogP contribution is 2.31. The minimum absolute atomic E-state index is 0.0145. The molecule has 170 valence electrons. The number of nitro benzene ring substituents is 1. The summed E-state index contributed by atoms with van der Waals surface area (Å²) in [5, 5.41) is 11.7. The second-order valence-electron chi connectivity index (χ2n) is 7.43. The molecule has 3 rings (SSSR count). The number of carbonyl (C=O) groups excluding carboxylic acids is 2. The van der Waals surface area contributed by atoms with Crippen molar-refractivity contribution in [3.05, 3.63) is 57.6 Å². The van der Waals surface area contributed by atoms with Crippen molar-refractivity contribution in [2.24, 2.45) is 0 Å². The average molecular weight is 442 g/mol. The number of methoxy groups -OCH3 is 2. The number of hydrogen-bond donors (Lipinski definition) is 0. The molecule has 0 spiro atoms. The van der Waals surface area contributed by atoms with E-state index in [0.717, 1.165) is 38.8 Å². The second-order valence-corrected chi connectivity index (χ2v) is 7.43. The number of ketones is 1. The summed E-state index contributed by atoms with van der Waals surface area (Å²) < 4.78 is 15.4. The summed E-state index contributed by atoms with van der Waals surface area (Å²) in [6.07, 6.45) is 4.13. The minimum Gasteiger partial charge on any atom is -0.497 e. The molecule has 1 fully saturated rings. The van der Waals surface area contributed by atoms with Crippen LogP contribution in [0.1, 0.15) is 46.4 Å². The van der Waals surface area contributed by atoms with Crippen molar-refractivity contribution >= 4 is 23.1 Å². The van der Waals surface area contributed by atoms with Gasteiger partial charge in [0, 0.05) is 19.2 Å². The maximum absolute atomic E-state index is 12.6. The van der Waals surface area contributed by atoms with E-state index in [-0.39, 0.29) is 16.8 Å². The zero-order valence-electron chi connectivity index (χ0n) is 18.2. The van der Waals surface area contributed by atoms with Crippen molar-refractivity contribution in [3.63, 3.8) is 0 Å². The highest BCUT2D eigenvalue weighted by atomic mass is 16.6. The van der Waals surface area contributed by atoms with E-state index < -0.39 is 23.3 Å². The maximum atomic E-state index is 12.6. The maximum Gasteiger partial charge on any atom is 0.338 e. The van der Waals surface area contributed by atoms with Crippen LogP contribution in [-0.4, -0.2) is 50.6 Å². The van der Waals surface area contributed by atoms with Gasteiger partial charge in [-0.05, 0) is 43.2 Å². The van der Waals surface area contributed by atoms with E-state index in [4.69, 9.17) is 14.2 Å². The van der Waals surface area contributed by atoms with Crippen molar-refractivity contribution in [2.45, 2.75) is 25.7 Å². The lowest BCUT2D eigenvalue weighted by Gasteiger charge is -2.22. The van der Waals surface area contributed by atoms with Gasteiger partial charge in [-0.15, -0.1) is 0 Å². The lowest BCUT2D eigenvalue weighted by atomic mass is 10.1. The summed E-state index contributed by atoms with van der Waals surface area (Å²) in [7, 11) is 2.90. The molecule has 9 nitrogen and oxygen atoms in total. The fraction of sp³-hybridized carbons (Fsp3) is 0.391. The molecule has 2 aromatic carbocycles. The highest BCUT2D eigenvalue weighted by Gasteiger charge is 2.24. The summed E-state index contributed by atoms with van der Waals surface area (Å²) >= 11 is 0. The topological polar surface area (TPSA) is 108 Å². The quantitative estimate of drug-likeness (QED) is 0.261. The molecule has 9 heteroatoms. The summed E-state index contributed by atoms with van der Waals surface area (Å²) in [5.74, 6) is -0.514. The summed E-state index contributed by atoms with van der Waals surface area (Å²) in [4.78, 5) is 38.2. The molecule has 1 heterocycles. The van der Waals surface area contributed by atoms with Crippen LogP contribution >= 0.6 is 0 Å². The zero-order valence-corrected chi connectivity index (χ0v) is 18.2. The van der Waals surface area contributed by atoms with Gasteiger partial charge in [-0.2, -0.15) is 0 Å². The number of Topliss-reactive ketones (excluding diaryl/α,β-unsaturated/α-hetero) is 1. The Labute approximate surface area is 186 Å². The van der Waals surface area contributed by atoms with Gasteiger partial charge in [0.05, 0.1) is 30.3 Å². The lowest BCUT2D eigenvalue weighted by Crippen LogP contribution is -2.25. The largest absolute Gasteiger partial charge is 0.497 e. The Morgan fingerprint density at radius 2 is 1.72 bits per heavy atom. The fourth-order valence-corrected chi connectivity index (χ4v) is 3.70. The summed E-state index contributed by atoms with van der Waals surface area (Å²) in [6.45, 7) is 0.938. The summed E-state index contributed by atoms with van der Waals surface area (Å²) in [5.41, 5.74) is 0.565. The van der Waals surface area contributed by atoms with E-state index in [0.29, 0.717) is 17.2 Å². The number of hydrogen-bond acceptors (Lipinski definition) is 8. The summed E-state index contributed by atoms with van der Waals surface area (Å²) in [6, 6.07) is 9.00. The number of rotatable bonds is 8. The van der Waals surface area contributed by atoms with Crippen molar-refractivity contribution in [1.29, 1.82) is 0 Å². The number of anilines is 1. The van der Waals surface area contributed by atoms with E-state index >= 15 is 0 Å². The second kappa shape index (κ2) is 10.6. The molecule has 0 aromatic heterocycles. The van der Waals surface area contributed by atoms with Gasteiger partial charge in [0.15, 0.2) is 6.61 Å². The fourth-order valence-electron chi connectivity index (χ4n) is 3.70. The number of esters is 1. The van der Waals surface area contributed by atoms with Gasteiger partial charge in [0.25, 0.3) is 5.69 Å². The van der Waals surface area contributed by atoms with Crippen LogP contribution in [0.2, 0.25) is 0 Å². The average Bonchev–Trinajstić information content (AvgIpc) is 3.11. The van der Waals surface area contributed by atoms with Crippen LogP contribution < -0.4 is 14.4 Å². The molecule has 32 heavy (non-hydrogen) atoms. The Balaban J connectivity index is 1.74. The predicted octanol–water partition coefficient (Wildman–Crippen LogP) is 4.03. The van der Waals surface area contributed by atoms with E-state index in [1.165, 1.54) is 32.4 Å². The minimum atomic E-state index is -0.814. The van der Waals surface area contributed by atoms with Crippen LogP contribution in [0.25, 0.3) is 0 Å². The smallest absolute Gasteiger partial charge is 0.338 e. The molecule has 0 radical (unpaired) electrons. The molecule has 0 aliphatic carbocycles. The van der Waals surface area contributed by atoms with Crippen LogP contribution in [0.15, 0.2) is 36.4 Å².